The van der Waals surface area contributed by atoms with E-state index in [-0.39, 0.29) is 30.3 Å². The van der Waals surface area contributed by atoms with E-state index >= 15 is 0 Å². The van der Waals surface area contributed by atoms with E-state index in [9.17, 15) is 4.79 Å². The summed E-state index contributed by atoms with van der Waals surface area (Å²) in [5.41, 5.74) is 7.20. The molecule has 122 valence electrons. The molecule has 1 heterocycles. The Kier molecular flexibility index (Phi) is 5.76. The summed E-state index contributed by atoms with van der Waals surface area (Å²) in [6, 6.07) is 8.05. The van der Waals surface area contributed by atoms with Crippen LogP contribution in [0.4, 0.5) is 0 Å². The van der Waals surface area contributed by atoms with Gasteiger partial charge in [0, 0.05) is 30.1 Å². The van der Waals surface area contributed by atoms with Crippen LogP contribution >= 0.6 is 24.0 Å². The maximum atomic E-state index is 12.6. The quantitative estimate of drug-likeness (QED) is 0.917. The molecule has 0 bridgehead atoms. The summed E-state index contributed by atoms with van der Waals surface area (Å²) in [5, 5.41) is 0.748. The fourth-order valence-electron chi connectivity index (χ4n) is 3.88. The molecule has 3 rings (SSSR count). The lowest BCUT2D eigenvalue weighted by Gasteiger charge is -2.23. The van der Waals surface area contributed by atoms with E-state index in [2.05, 4.69) is 0 Å². The molecule has 1 aliphatic heterocycles. The van der Waals surface area contributed by atoms with Gasteiger partial charge >= 0.3 is 0 Å². The molecule has 5 heteroatoms. The average Bonchev–Trinajstić information content (AvgIpc) is 3.03. The highest BCUT2D eigenvalue weighted by atomic mass is 35.5. The van der Waals surface area contributed by atoms with E-state index in [0.29, 0.717) is 18.3 Å². The standard InChI is InChI=1S/C17H23ClN2O.ClH/c1-11(8-12-4-2-3-5-15(12)18)17(21)20-9-13-6-7-16(19)14(13)10-20;/h2-5,11,13-14,16H,6-10,19H2,1H3;1H. The lowest BCUT2D eigenvalue weighted by Crippen LogP contribution is -2.37. The number of amides is 1. The first kappa shape index (κ1) is 17.6. The molecule has 4 unspecified atom stereocenters. The number of halogens is 2. The van der Waals surface area contributed by atoms with Gasteiger partial charge in [0.2, 0.25) is 5.91 Å². The summed E-state index contributed by atoms with van der Waals surface area (Å²) < 4.78 is 0. The Morgan fingerprint density at radius 3 is 2.77 bits per heavy atom. The van der Waals surface area contributed by atoms with Crippen molar-refractivity contribution in [2.24, 2.45) is 23.5 Å². The normalized spacial score (nSPS) is 28.1. The van der Waals surface area contributed by atoms with E-state index in [4.69, 9.17) is 17.3 Å². The smallest absolute Gasteiger partial charge is 0.225 e. The van der Waals surface area contributed by atoms with Gasteiger partial charge in [0.1, 0.15) is 0 Å². The number of hydrogen-bond acceptors (Lipinski definition) is 2. The minimum Gasteiger partial charge on any atom is -0.342 e. The van der Waals surface area contributed by atoms with Gasteiger partial charge in [-0.15, -0.1) is 12.4 Å². The number of likely N-dealkylation sites (tertiary alicyclic amines) is 1. The fraction of sp³-hybridized carbons (Fsp3) is 0.588. The van der Waals surface area contributed by atoms with Gasteiger partial charge in [0.25, 0.3) is 0 Å². The van der Waals surface area contributed by atoms with Crippen molar-refractivity contribution in [1.82, 2.24) is 4.90 Å². The molecule has 0 aromatic heterocycles. The summed E-state index contributed by atoms with van der Waals surface area (Å²) in [5.74, 6) is 1.36. The molecule has 1 saturated carbocycles. The number of nitrogens with zero attached hydrogens (tertiary/aromatic N) is 1. The monoisotopic (exact) mass is 342 g/mol. The van der Waals surface area contributed by atoms with E-state index < -0.39 is 0 Å². The van der Waals surface area contributed by atoms with E-state index in [0.717, 1.165) is 30.1 Å². The van der Waals surface area contributed by atoms with Crippen LogP contribution < -0.4 is 5.73 Å². The molecule has 3 nitrogen and oxygen atoms in total. The van der Waals surface area contributed by atoms with Crippen LogP contribution in [0.1, 0.15) is 25.3 Å². The molecular formula is C17H24Cl2N2O. The number of carbonyl (C=O) groups excluding carboxylic acids is 1. The van der Waals surface area contributed by atoms with Crippen LogP contribution in [0.15, 0.2) is 24.3 Å². The molecule has 0 spiro atoms. The molecule has 1 aromatic rings. The highest BCUT2D eigenvalue weighted by Gasteiger charge is 2.43. The second-order valence-electron chi connectivity index (χ2n) is 6.60. The predicted octanol–water partition coefficient (Wildman–Crippen LogP) is 3.14. The Labute approximate surface area is 143 Å². The van der Waals surface area contributed by atoms with Crippen LogP contribution in [0.3, 0.4) is 0 Å². The van der Waals surface area contributed by atoms with Gasteiger partial charge in [-0.1, -0.05) is 36.7 Å². The second-order valence-corrected chi connectivity index (χ2v) is 7.01. The number of nitrogens with two attached hydrogens (primary N) is 1. The molecule has 1 aliphatic carbocycles. The van der Waals surface area contributed by atoms with Gasteiger partial charge in [0.05, 0.1) is 0 Å². The van der Waals surface area contributed by atoms with Gasteiger partial charge in [0.15, 0.2) is 0 Å². The SMILES string of the molecule is CC(Cc1ccccc1Cl)C(=O)N1CC2CCC(N)C2C1.Cl. The molecule has 2 aliphatic rings. The van der Waals surface area contributed by atoms with E-state index in [1.54, 1.807) is 0 Å². The zero-order chi connectivity index (χ0) is 15.0. The van der Waals surface area contributed by atoms with Crippen molar-refractivity contribution in [3.05, 3.63) is 34.9 Å². The van der Waals surface area contributed by atoms with Crippen molar-refractivity contribution in [3.63, 3.8) is 0 Å². The Balaban J connectivity index is 0.00000176. The zero-order valence-corrected chi connectivity index (χ0v) is 14.4. The average molecular weight is 343 g/mol. The topological polar surface area (TPSA) is 46.3 Å². The molecule has 1 saturated heterocycles. The van der Waals surface area contributed by atoms with Crippen molar-refractivity contribution in [2.45, 2.75) is 32.2 Å². The Morgan fingerprint density at radius 2 is 2.09 bits per heavy atom. The third kappa shape index (κ3) is 3.42. The van der Waals surface area contributed by atoms with Crippen molar-refractivity contribution >= 4 is 29.9 Å². The number of rotatable bonds is 3. The first-order valence-corrected chi connectivity index (χ1v) is 8.22. The molecule has 22 heavy (non-hydrogen) atoms. The minimum atomic E-state index is -0.0278. The number of benzene rings is 1. The van der Waals surface area contributed by atoms with Crippen molar-refractivity contribution in [3.8, 4) is 0 Å². The van der Waals surface area contributed by atoms with Crippen molar-refractivity contribution in [2.75, 3.05) is 13.1 Å². The van der Waals surface area contributed by atoms with Crippen LogP contribution in [0.2, 0.25) is 5.02 Å². The lowest BCUT2D eigenvalue weighted by molar-refractivity contribution is -0.134. The highest BCUT2D eigenvalue weighted by Crippen LogP contribution is 2.37. The van der Waals surface area contributed by atoms with Crippen LogP contribution in [0.5, 0.6) is 0 Å². The van der Waals surface area contributed by atoms with Gasteiger partial charge in [-0.2, -0.15) is 0 Å². The summed E-state index contributed by atoms with van der Waals surface area (Å²) in [7, 11) is 0. The highest BCUT2D eigenvalue weighted by molar-refractivity contribution is 6.31. The number of carbonyl (C=O) groups is 1. The first-order valence-electron chi connectivity index (χ1n) is 7.84. The molecule has 1 amide bonds. The molecule has 2 fully saturated rings. The molecule has 1 aromatic carbocycles. The first-order chi connectivity index (χ1) is 10.1. The molecular weight excluding hydrogens is 319 g/mol. The van der Waals surface area contributed by atoms with E-state index in [1.165, 1.54) is 6.42 Å². The van der Waals surface area contributed by atoms with Gasteiger partial charge in [-0.3, -0.25) is 4.79 Å². The fourth-order valence-corrected chi connectivity index (χ4v) is 4.09. The van der Waals surface area contributed by atoms with E-state index in [1.807, 2.05) is 36.1 Å². The third-order valence-electron chi connectivity index (χ3n) is 5.13. The number of fused-ring (bicyclic) bond motifs is 1. The Morgan fingerprint density at radius 1 is 1.36 bits per heavy atom. The summed E-state index contributed by atoms with van der Waals surface area (Å²) >= 11 is 6.19. The summed E-state index contributed by atoms with van der Waals surface area (Å²) in [6.45, 7) is 3.74. The summed E-state index contributed by atoms with van der Waals surface area (Å²) in [4.78, 5) is 14.7. The molecule has 4 atom stereocenters. The minimum absolute atomic E-state index is 0. The number of hydrogen-bond donors (Lipinski definition) is 1. The summed E-state index contributed by atoms with van der Waals surface area (Å²) in [6.07, 6.45) is 3.00. The lowest BCUT2D eigenvalue weighted by atomic mass is 9.98. The third-order valence-corrected chi connectivity index (χ3v) is 5.50. The van der Waals surface area contributed by atoms with Crippen LogP contribution in [0.25, 0.3) is 0 Å². The molecule has 0 radical (unpaired) electrons. The predicted molar refractivity (Wildman–Crippen MR) is 92.3 cm³/mol. The van der Waals surface area contributed by atoms with Crippen LogP contribution in [0, 0.1) is 17.8 Å². The largest absolute Gasteiger partial charge is 0.342 e. The van der Waals surface area contributed by atoms with Crippen LogP contribution in [-0.2, 0) is 11.2 Å². The van der Waals surface area contributed by atoms with Crippen molar-refractivity contribution in [1.29, 1.82) is 0 Å². The van der Waals surface area contributed by atoms with Gasteiger partial charge in [-0.25, -0.2) is 0 Å². The van der Waals surface area contributed by atoms with Gasteiger partial charge < -0.3 is 10.6 Å². The Hall–Kier alpha value is -0.770. The molecule has 2 N–H and O–H groups in total. The maximum absolute atomic E-state index is 12.6. The van der Waals surface area contributed by atoms with Crippen LogP contribution in [-0.4, -0.2) is 29.9 Å². The van der Waals surface area contributed by atoms with Crippen molar-refractivity contribution < 1.29 is 4.79 Å². The maximum Gasteiger partial charge on any atom is 0.225 e. The second kappa shape index (κ2) is 7.20. The Bertz CT molecular complexity index is 537. The zero-order valence-electron chi connectivity index (χ0n) is 12.9. The van der Waals surface area contributed by atoms with Gasteiger partial charge in [-0.05, 0) is 42.7 Å².